The van der Waals surface area contributed by atoms with Gasteiger partial charge in [0.05, 0.1) is 4.92 Å². The molecule has 7 nitrogen and oxygen atoms in total. The zero-order valence-corrected chi connectivity index (χ0v) is 11.2. The van der Waals surface area contributed by atoms with Crippen LogP contribution in [0.2, 0.25) is 0 Å². The predicted octanol–water partition coefficient (Wildman–Crippen LogP) is 2.40. The van der Waals surface area contributed by atoms with E-state index in [-0.39, 0.29) is 18.0 Å². The van der Waals surface area contributed by atoms with Crippen LogP contribution in [0, 0.1) is 15.9 Å². The first-order chi connectivity index (χ1) is 10.5. The number of nitro benzene ring substituents is 1. The van der Waals surface area contributed by atoms with Crippen LogP contribution in [0.15, 0.2) is 40.8 Å². The highest BCUT2D eigenvalue weighted by molar-refractivity contribution is 5.89. The van der Waals surface area contributed by atoms with Crippen LogP contribution in [-0.2, 0) is 11.4 Å². The molecule has 1 amide bonds. The van der Waals surface area contributed by atoms with Gasteiger partial charge in [0.2, 0.25) is 5.91 Å². The van der Waals surface area contributed by atoms with E-state index >= 15 is 0 Å². The van der Waals surface area contributed by atoms with Gasteiger partial charge in [0.1, 0.15) is 23.9 Å². The number of hydrogen-bond acceptors (Lipinski definition) is 5. The van der Waals surface area contributed by atoms with E-state index in [1.807, 2.05) is 0 Å². The Morgan fingerprint density at radius 3 is 2.86 bits per heavy atom. The van der Waals surface area contributed by atoms with Crippen LogP contribution in [0.4, 0.5) is 10.1 Å². The highest BCUT2D eigenvalue weighted by Crippen LogP contribution is 2.28. The third kappa shape index (κ3) is 3.92. The number of nitrogens with zero attached hydrogens (tertiary/aromatic N) is 1. The Balaban J connectivity index is 2.09. The molecule has 0 atom stereocenters. The number of halogens is 1. The summed E-state index contributed by atoms with van der Waals surface area (Å²) in [5.41, 5.74) is 4.60. The largest absolute Gasteiger partial charge is 0.479 e. The van der Waals surface area contributed by atoms with Gasteiger partial charge in [0.15, 0.2) is 5.75 Å². The molecule has 2 rings (SSSR count). The molecule has 0 bridgehead atoms. The van der Waals surface area contributed by atoms with Crippen LogP contribution in [-0.4, -0.2) is 10.8 Å². The van der Waals surface area contributed by atoms with Gasteiger partial charge in [-0.3, -0.25) is 14.9 Å². The Morgan fingerprint density at radius 2 is 2.18 bits per heavy atom. The second-order valence-electron chi connectivity index (χ2n) is 4.20. The Kier molecular flexibility index (Phi) is 4.52. The third-order valence-corrected chi connectivity index (χ3v) is 2.58. The van der Waals surface area contributed by atoms with Gasteiger partial charge >= 0.3 is 5.69 Å². The molecule has 0 saturated heterocycles. The number of rotatable bonds is 6. The van der Waals surface area contributed by atoms with Gasteiger partial charge in [0.25, 0.3) is 0 Å². The third-order valence-electron chi connectivity index (χ3n) is 2.58. The highest BCUT2D eigenvalue weighted by Gasteiger charge is 2.16. The van der Waals surface area contributed by atoms with Crippen LogP contribution in [0.1, 0.15) is 11.5 Å². The lowest BCUT2D eigenvalue weighted by Gasteiger charge is -2.05. The van der Waals surface area contributed by atoms with E-state index in [9.17, 15) is 19.3 Å². The van der Waals surface area contributed by atoms with Crippen molar-refractivity contribution < 1.29 is 23.3 Å². The SMILES string of the molecule is NC(=O)/C=C\c1ccc(COc2cc(F)ccc2[N+](=O)[O-])o1. The van der Waals surface area contributed by atoms with Crippen molar-refractivity contribution in [2.75, 3.05) is 0 Å². The Morgan fingerprint density at radius 1 is 1.41 bits per heavy atom. The minimum absolute atomic E-state index is 0.130. The van der Waals surface area contributed by atoms with Crippen molar-refractivity contribution in [2.24, 2.45) is 5.73 Å². The van der Waals surface area contributed by atoms with Crippen LogP contribution < -0.4 is 10.5 Å². The maximum absolute atomic E-state index is 13.1. The molecule has 0 aliphatic carbocycles. The first-order valence-corrected chi connectivity index (χ1v) is 6.08. The number of benzene rings is 1. The summed E-state index contributed by atoms with van der Waals surface area (Å²) >= 11 is 0. The number of nitro groups is 1. The molecule has 1 aromatic heterocycles. The second-order valence-corrected chi connectivity index (χ2v) is 4.20. The lowest BCUT2D eigenvalue weighted by atomic mass is 10.3. The number of nitrogens with two attached hydrogens (primary N) is 1. The van der Waals surface area contributed by atoms with Crippen molar-refractivity contribution in [3.8, 4) is 5.75 Å². The molecule has 2 N–H and O–H groups in total. The summed E-state index contributed by atoms with van der Waals surface area (Å²) in [5.74, 6) is -0.751. The molecule has 0 unspecified atom stereocenters. The van der Waals surface area contributed by atoms with Gasteiger partial charge in [-0.2, -0.15) is 0 Å². The van der Waals surface area contributed by atoms with Crippen molar-refractivity contribution >= 4 is 17.7 Å². The fourth-order valence-corrected chi connectivity index (χ4v) is 1.63. The molecule has 0 aliphatic heterocycles. The maximum Gasteiger partial charge on any atom is 0.311 e. The van der Waals surface area contributed by atoms with E-state index in [0.717, 1.165) is 24.3 Å². The van der Waals surface area contributed by atoms with E-state index < -0.39 is 16.6 Å². The number of carbonyl (C=O) groups excluding carboxylic acids is 1. The Hall–Kier alpha value is -3.16. The van der Waals surface area contributed by atoms with Crippen molar-refractivity contribution in [2.45, 2.75) is 6.61 Å². The summed E-state index contributed by atoms with van der Waals surface area (Å²) in [7, 11) is 0. The molecule has 0 aliphatic rings. The molecule has 0 saturated carbocycles. The number of carbonyl (C=O) groups is 1. The van der Waals surface area contributed by atoms with Crippen molar-refractivity contribution in [3.63, 3.8) is 0 Å². The van der Waals surface area contributed by atoms with Crippen LogP contribution in [0.3, 0.4) is 0 Å². The quantitative estimate of drug-likeness (QED) is 0.500. The fraction of sp³-hybridized carbons (Fsp3) is 0.0714. The zero-order valence-electron chi connectivity index (χ0n) is 11.2. The summed E-state index contributed by atoms with van der Waals surface area (Å²) in [4.78, 5) is 20.7. The molecule has 1 aromatic carbocycles. The first-order valence-electron chi connectivity index (χ1n) is 6.08. The molecule has 0 radical (unpaired) electrons. The summed E-state index contributed by atoms with van der Waals surface area (Å²) in [5, 5.41) is 10.8. The summed E-state index contributed by atoms with van der Waals surface area (Å²) in [6.45, 7) is -0.130. The number of furan rings is 1. The fourth-order valence-electron chi connectivity index (χ4n) is 1.63. The van der Waals surface area contributed by atoms with Crippen molar-refractivity contribution in [3.05, 3.63) is 63.9 Å². The van der Waals surface area contributed by atoms with E-state index in [0.29, 0.717) is 11.5 Å². The van der Waals surface area contributed by atoms with E-state index in [1.54, 1.807) is 12.1 Å². The molecular formula is C14H11FN2O5. The van der Waals surface area contributed by atoms with Crippen molar-refractivity contribution in [1.82, 2.24) is 0 Å². The summed E-state index contributed by atoms with van der Waals surface area (Å²) < 4.78 is 23.7. The molecule has 114 valence electrons. The first kappa shape index (κ1) is 15.2. The highest BCUT2D eigenvalue weighted by atomic mass is 19.1. The van der Waals surface area contributed by atoms with Gasteiger partial charge in [-0.15, -0.1) is 0 Å². The Bertz CT molecular complexity index is 739. The summed E-state index contributed by atoms with van der Waals surface area (Å²) in [6, 6.07) is 6.05. The smallest absolute Gasteiger partial charge is 0.311 e. The normalized spacial score (nSPS) is 10.8. The van der Waals surface area contributed by atoms with Gasteiger partial charge in [0, 0.05) is 18.2 Å². The molecule has 8 heteroatoms. The second kappa shape index (κ2) is 6.53. The van der Waals surface area contributed by atoms with Crippen LogP contribution >= 0.6 is 0 Å². The zero-order chi connectivity index (χ0) is 16.1. The van der Waals surface area contributed by atoms with E-state index in [2.05, 4.69) is 0 Å². The van der Waals surface area contributed by atoms with Crippen LogP contribution in [0.5, 0.6) is 5.75 Å². The monoisotopic (exact) mass is 306 g/mol. The van der Waals surface area contributed by atoms with Gasteiger partial charge < -0.3 is 14.9 Å². The predicted molar refractivity (Wildman–Crippen MR) is 74.3 cm³/mol. The Labute approximate surface area is 123 Å². The topological polar surface area (TPSA) is 109 Å². The lowest BCUT2D eigenvalue weighted by molar-refractivity contribution is -0.386. The van der Waals surface area contributed by atoms with E-state index in [4.69, 9.17) is 14.9 Å². The number of ether oxygens (including phenoxy) is 1. The van der Waals surface area contributed by atoms with Crippen molar-refractivity contribution in [1.29, 1.82) is 0 Å². The number of hydrogen-bond donors (Lipinski definition) is 1. The molecular weight excluding hydrogens is 295 g/mol. The minimum atomic E-state index is -0.669. The van der Waals surface area contributed by atoms with Gasteiger partial charge in [-0.05, 0) is 24.3 Å². The standard InChI is InChI=1S/C14H11FN2O5/c15-9-1-5-12(17(19)20)13(7-9)21-8-11-3-2-10(22-11)4-6-14(16)18/h1-7H,8H2,(H2,16,18)/b6-4-. The molecule has 0 spiro atoms. The minimum Gasteiger partial charge on any atom is -0.479 e. The molecule has 2 aromatic rings. The lowest BCUT2D eigenvalue weighted by Crippen LogP contribution is -2.04. The average Bonchev–Trinajstić information content (AvgIpc) is 2.90. The number of primary amides is 1. The average molecular weight is 306 g/mol. The molecule has 22 heavy (non-hydrogen) atoms. The van der Waals surface area contributed by atoms with Gasteiger partial charge in [-0.25, -0.2) is 4.39 Å². The molecule has 1 heterocycles. The van der Waals surface area contributed by atoms with E-state index in [1.165, 1.54) is 6.08 Å². The number of amides is 1. The molecule has 0 fully saturated rings. The van der Waals surface area contributed by atoms with Crippen LogP contribution in [0.25, 0.3) is 6.08 Å². The summed E-state index contributed by atoms with van der Waals surface area (Å²) in [6.07, 6.45) is 2.50. The maximum atomic E-state index is 13.1. The van der Waals surface area contributed by atoms with Gasteiger partial charge in [-0.1, -0.05) is 0 Å².